The summed E-state index contributed by atoms with van der Waals surface area (Å²) in [4.78, 5) is 9.00. The second-order valence-electron chi connectivity index (χ2n) is 0.787. The Balaban J connectivity index is 0. The summed E-state index contributed by atoms with van der Waals surface area (Å²) in [6, 6.07) is 0. The molecule has 0 heterocycles. The molecule has 0 spiro atoms. The molecule has 0 aromatic heterocycles. The van der Waals surface area contributed by atoms with Crippen molar-refractivity contribution in [2.75, 3.05) is 0 Å². The van der Waals surface area contributed by atoms with Crippen LogP contribution >= 0.6 is 0 Å². The number of aliphatic carboxylic acids is 1. The fourth-order valence-corrected chi connectivity index (χ4v) is 0. The molecule has 0 aliphatic rings. The molecule has 0 rings (SSSR count). The maximum atomic E-state index is 9.00. The molecule has 0 atom stereocenters. The third-order valence-corrected chi connectivity index (χ3v) is 0. The molecule has 50 valence electrons. The van der Waals surface area contributed by atoms with Gasteiger partial charge in [-0.3, -0.25) is 4.79 Å². The summed E-state index contributed by atoms with van der Waals surface area (Å²) in [5, 5.41) is 7.42. The van der Waals surface area contributed by atoms with Crippen molar-refractivity contribution in [1.29, 1.82) is 0 Å². The fraction of sp³-hybridized carbons (Fsp3) is 0.500. The third-order valence-electron chi connectivity index (χ3n) is 0. The van der Waals surface area contributed by atoms with Crippen molar-refractivity contribution in [2.24, 2.45) is 0 Å². The van der Waals surface area contributed by atoms with Crippen LogP contribution in [0, 0.1) is 0 Å². The molecule has 0 unspecified atom stereocenters. The number of carboxylic acids is 1. The Hall–Kier alpha value is -0.0916. The van der Waals surface area contributed by atoms with Crippen molar-refractivity contribution in [2.45, 2.75) is 6.92 Å². The standard InChI is InChI=1S/C2H4O2.AsH3O3/c1-2(3)4;2-1(3)4/h1H3,(H,3,4);2-4H. The molecule has 0 fully saturated rings. The zero-order chi connectivity index (χ0) is 7.15. The molecule has 0 aromatic carbocycles. The van der Waals surface area contributed by atoms with E-state index in [-0.39, 0.29) is 0 Å². The van der Waals surface area contributed by atoms with Crippen molar-refractivity contribution >= 4 is 21.6 Å². The van der Waals surface area contributed by atoms with Crippen LogP contribution in [0.5, 0.6) is 0 Å². The molecule has 0 bridgehead atoms. The van der Waals surface area contributed by atoms with Crippen LogP contribution in [0.3, 0.4) is 0 Å². The van der Waals surface area contributed by atoms with Gasteiger partial charge in [-0.15, -0.1) is 0 Å². The number of carbonyl (C=O) groups is 1. The number of hydrogen-bond acceptors (Lipinski definition) is 4. The van der Waals surface area contributed by atoms with Gasteiger partial charge in [0.15, 0.2) is 0 Å². The molecule has 0 radical (unpaired) electrons. The van der Waals surface area contributed by atoms with Gasteiger partial charge in [-0.2, -0.15) is 0 Å². The molecule has 0 amide bonds. The number of carboxylic acid groups (broad SMARTS) is 1. The second-order valence-corrected chi connectivity index (χ2v) is 1.91. The van der Waals surface area contributed by atoms with E-state index >= 15 is 0 Å². The van der Waals surface area contributed by atoms with Gasteiger partial charge in [0.2, 0.25) is 0 Å². The van der Waals surface area contributed by atoms with Gasteiger partial charge in [-0.25, -0.2) is 0 Å². The van der Waals surface area contributed by atoms with E-state index in [9.17, 15) is 0 Å². The summed E-state index contributed by atoms with van der Waals surface area (Å²) < 4.78 is 21.9. The first kappa shape index (κ1) is 10.8. The zero-order valence-electron chi connectivity index (χ0n) is 4.14. The van der Waals surface area contributed by atoms with Gasteiger partial charge in [0.1, 0.15) is 0 Å². The van der Waals surface area contributed by atoms with Crippen LogP contribution in [-0.4, -0.2) is 39.0 Å². The minimum absolute atomic E-state index is 0.833. The molecule has 0 aromatic rings. The Labute approximate surface area is 51.5 Å². The van der Waals surface area contributed by atoms with Gasteiger partial charge in [0, 0.05) is 6.92 Å². The van der Waals surface area contributed by atoms with E-state index in [1.807, 2.05) is 0 Å². The van der Waals surface area contributed by atoms with Gasteiger partial charge in [0.05, 0.1) is 0 Å². The van der Waals surface area contributed by atoms with Crippen molar-refractivity contribution in [3.63, 3.8) is 0 Å². The van der Waals surface area contributed by atoms with Crippen LogP contribution in [0.15, 0.2) is 0 Å². The van der Waals surface area contributed by atoms with Crippen molar-refractivity contribution in [3.05, 3.63) is 0 Å². The van der Waals surface area contributed by atoms with E-state index in [1.54, 1.807) is 0 Å². The zero-order valence-corrected chi connectivity index (χ0v) is 6.02. The molecule has 0 saturated carbocycles. The van der Waals surface area contributed by atoms with Crippen LogP contribution in [-0.2, 0) is 4.79 Å². The quantitative estimate of drug-likeness (QED) is 0.329. The normalized spacial score (nSPS) is 7.62. The predicted octanol–water partition coefficient (Wildman–Crippen LogP) is -1.96. The molecule has 0 saturated heterocycles. The first-order valence-corrected chi connectivity index (χ1v) is 4.05. The molecule has 6 heteroatoms. The van der Waals surface area contributed by atoms with Crippen LogP contribution in [0.1, 0.15) is 6.92 Å². The van der Waals surface area contributed by atoms with Crippen molar-refractivity contribution in [1.82, 2.24) is 0 Å². The molecule has 4 N–H and O–H groups in total. The summed E-state index contributed by atoms with van der Waals surface area (Å²) in [7, 11) is 0. The van der Waals surface area contributed by atoms with Gasteiger partial charge in [0.25, 0.3) is 5.97 Å². The first-order chi connectivity index (χ1) is 3.46. The fourth-order valence-electron chi connectivity index (χ4n) is 0. The number of hydrogen-bond donors (Lipinski definition) is 4. The van der Waals surface area contributed by atoms with Crippen LogP contribution in [0.4, 0.5) is 0 Å². The van der Waals surface area contributed by atoms with E-state index in [0.717, 1.165) is 6.92 Å². The molecular formula is C2H7AsO5. The molecule has 5 nitrogen and oxygen atoms in total. The third kappa shape index (κ3) is 17000. The predicted molar refractivity (Wildman–Crippen MR) is 25.7 cm³/mol. The summed E-state index contributed by atoms with van der Waals surface area (Å²) in [5.41, 5.74) is 0. The maximum absolute atomic E-state index is 9.00. The average Bonchev–Trinajstić information content (AvgIpc) is 1.25. The van der Waals surface area contributed by atoms with E-state index in [0.29, 0.717) is 0 Å². The van der Waals surface area contributed by atoms with Gasteiger partial charge < -0.3 is 5.11 Å². The molecule has 8 heavy (non-hydrogen) atoms. The molecular weight excluding hydrogens is 179 g/mol. The summed E-state index contributed by atoms with van der Waals surface area (Å²) in [6.45, 7) is 1.08. The first-order valence-electron chi connectivity index (χ1n) is 1.53. The summed E-state index contributed by atoms with van der Waals surface area (Å²) >= 11 is -3.19. The van der Waals surface area contributed by atoms with Crippen molar-refractivity contribution in [3.8, 4) is 0 Å². The Morgan fingerprint density at radius 2 is 1.38 bits per heavy atom. The van der Waals surface area contributed by atoms with E-state index in [4.69, 9.17) is 22.2 Å². The Kier molecular flexibility index (Phi) is 9.34. The van der Waals surface area contributed by atoms with Crippen LogP contribution < -0.4 is 0 Å². The topological polar surface area (TPSA) is 98.0 Å². The van der Waals surface area contributed by atoms with E-state index in [2.05, 4.69) is 0 Å². The average molecular weight is 186 g/mol. The molecule has 0 aliphatic heterocycles. The van der Waals surface area contributed by atoms with Gasteiger partial charge >= 0.3 is 28.0 Å². The Bertz CT molecular complexity index is 54.7. The summed E-state index contributed by atoms with van der Waals surface area (Å²) in [6.07, 6.45) is 0. The second kappa shape index (κ2) is 6.91. The SMILES string of the molecule is CC(=O)O.O[As](O)O. The van der Waals surface area contributed by atoms with Crippen molar-refractivity contribution < 1.29 is 22.2 Å². The van der Waals surface area contributed by atoms with Crippen LogP contribution in [0.25, 0.3) is 0 Å². The Morgan fingerprint density at radius 1 is 1.38 bits per heavy atom. The van der Waals surface area contributed by atoms with Crippen LogP contribution in [0.2, 0.25) is 0 Å². The van der Waals surface area contributed by atoms with E-state index < -0.39 is 21.6 Å². The number of rotatable bonds is 0. The van der Waals surface area contributed by atoms with Gasteiger partial charge in [-0.05, 0) is 0 Å². The minimum atomic E-state index is -3.19. The van der Waals surface area contributed by atoms with E-state index in [1.165, 1.54) is 0 Å². The monoisotopic (exact) mass is 186 g/mol. The molecule has 0 aliphatic carbocycles. The van der Waals surface area contributed by atoms with Gasteiger partial charge in [-0.1, -0.05) is 0 Å². The summed E-state index contributed by atoms with van der Waals surface area (Å²) in [5.74, 6) is -0.833. The Morgan fingerprint density at radius 3 is 1.38 bits per heavy atom.